The van der Waals surface area contributed by atoms with Gasteiger partial charge in [-0.25, -0.2) is 4.79 Å². The Hall–Kier alpha value is -1.67. The number of nitrogens with one attached hydrogen (secondary N) is 1. The van der Waals surface area contributed by atoms with Crippen LogP contribution in [0, 0.1) is 6.92 Å². The molecule has 0 aliphatic carbocycles. The molecule has 0 fully saturated rings. The maximum atomic E-state index is 12.0. The number of hydrogen-bond acceptors (Lipinski definition) is 6. The molecule has 0 aliphatic rings. The highest BCUT2D eigenvalue weighted by Crippen LogP contribution is 2.34. The van der Waals surface area contributed by atoms with Crippen LogP contribution in [0.25, 0.3) is 0 Å². The zero-order valence-electron chi connectivity index (χ0n) is 21.0. The second-order valence-electron chi connectivity index (χ2n) is 9.31. The van der Waals surface area contributed by atoms with Gasteiger partial charge in [0.05, 0.1) is 11.7 Å². The van der Waals surface area contributed by atoms with Crippen molar-refractivity contribution in [2.75, 3.05) is 25.1 Å². The van der Waals surface area contributed by atoms with E-state index in [0.29, 0.717) is 24.1 Å². The van der Waals surface area contributed by atoms with Crippen molar-refractivity contribution >= 4 is 11.7 Å². The number of aromatic carboxylic acids is 1. The van der Waals surface area contributed by atoms with Gasteiger partial charge in [-0.15, -0.1) is 0 Å². The fourth-order valence-electron chi connectivity index (χ4n) is 4.44. The SMILES string of the molecule is Cc1ccc(C(=O)O)c(C(O)CCCCCCCCCO)c1NC(CCO)CCCCCCO. The van der Waals surface area contributed by atoms with Gasteiger partial charge in [0.15, 0.2) is 0 Å². The summed E-state index contributed by atoms with van der Waals surface area (Å²) in [5, 5.41) is 51.6. The molecule has 1 aromatic rings. The number of aryl methyl sites for hydroxylation is 1. The lowest BCUT2D eigenvalue weighted by Gasteiger charge is -2.26. The van der Waals surface area contributed by atoms with Gasteiger partial charge in [-0.05, 0) is 50.7 Å². The quantitative estimate of drug-likeness (QED) is 0.137. The van der Waals surface area contributed by atoms with E-state index in [1.165, 1.54) is 0 Å². The van der Waals surface area contributed by atoms with E-state index in [1.54, 1.807) is 12.1 Å². The van der Waals surface area contributed by atoms with Gasteiger partial charge in [-0.2, -0.15) is 0 Å². The van der Waals surface area contributed by atoms with Crippen molar-refractivity contribution in [2.45, 2.75) is 109 Å². The molecule has 0 saturated heterocycles. The van der Waals surface area contributed by atoms with Gasteiger partial charge in [0, 0.05) is 37.1 Å². The molecule has 0 spiro atoms. The summed E-state index contributed by atoms with van der Waals surface area (Å²) in [6.07, 6.45) is 11.6. The summed E-state index contributed by atoms with van der Waals surface area (Å²) < 4.78 is 0. The topological polar surface area (TPSA) is 130 Å². The van der Waals surface area contributed by atoms with Gasteiger partial charge in [0.25, 0.3) is 0 Å². The lowest BCUT2D eigenvalue weighted by Crippen LogP contribution is -2.24. The van der Waals surface area contributed by atoms with Gasteiger partial charge in [0.2, 0.25) is 0 Å². The van der Waals surface area contributed by atoms with E-state index in [9.17, 15) is 20.1 Å². The van der Waals surface area contributed by atoms with Crippen molar-refractivity contribution in [2.24, 2.45) is 0 Å². The number of carboxylic acid groups (broad SMARTS) is 1. The highest BCUT2D eigenvalue weighted by Gasteiger charge is 2.24. The molecule has 2 atom stereocenters. The predicted molar refractivity (Wildman–Crippen MR) is 136 cm³/mol. The summed E-state index contributed by atoms with van der Waals surface area (Å²) in [5.41, 5.74) is 2.12. The minimum absolute atomic E-state index is 0.0215. The zero-order valence-corrected chi connectivity index (χ0v) is 21.0. The van der Waals surface area contributed by atoms with Crippen LogP contribution >= 0.6 is 0 Å². The van der Waals surface area contributed by atoms with Crippen molar-refractivity contribution in [3.63, 3.8) is 0 Å². The Morgan fingerprint density at radius 3 is 1.82 bits per heavy atom. The van der Waals surface area contributed by atoms with Crippen molar-refractivity contribution < 1.29 is 30.3 Å². The average Bonchev–Trinajstić information content (AvgIpc) is 2.81. The molecule has 1 aromatic carbocycles. The smallest absolute Gasteiger partial charge is 0.336 e. The lowest BCUT2D eigenvalue weighted by atomic mass is 9.92. The fourth-order valence-corrected chi connectivity index (χ4v) is 4.44. The Morgan fingerprint density at radius 1 is 0.765 bits per heavy atom. The largest absolute Gasteiger partial charge is 0.478 e. The highest BCUT2D eigenvalue weighted by atomic mass is 16.4. The summed E-state index contributed by atoms with van der Waals surface area (Å²) >= 11 is 0. The Morgan fingerprint density at radius 2 is 1.29 bits per heavy atom. The molecule has 0 heterocycles. The molecule has 0 saturated carbocycles. The molecular formula is C27H47NO6. The number of carboxylic acids is 1. The van der Waals surface area contributed by atoms with Crippen LogP contribution in [0.1, 0.15) is 117 Å². The first-order chi connectivity index (χ1) is 16.5. The number of anilines is 1. The molecule has 7 nitrogen and oxygen atoms in total. The van der Waals surface area contributed by atoms with Crippen LogP contribution in [0.5, 0.6) is 0 Å². The fraction of sp³-hybridized carbons (Fsp3) is 0.741. The number of aliphatic hydroxyl groups excluding tert-OH is 4. The van der Waals surface area contributed by atoms with E-state index >= 15 is 0 Å². The molecule has 0 radical (unpaired) electrons. The average molecular weight is 482 g/mol. The van der Waals surface area contributed by atoms with Crippen molar-refractivity contribution in [1.29, 1.82) is 0 Å². The standard InChI is InChI=1S/C27H47NO6/c1-21-15-16-23(27(33)34)25(24(32)14-10-5-3-2-4-7-11-18-29)26(21)28-22(17-20-31)13-9-6-8-12-19-30/h15-16,22,24,28-32H,2-14,17-20H2,1H3,(H,33,34). The summed E-state index contributed by atoms with van der Waals surface area (Å²) in [6, 6.07) is 3.32. The Kier molecular flexibility index (Phi) is 16.6. The predicted octanol–water partition coefficient (Wildman–Crippen LogP) is 4.95. The number of benzene rings is 1. The number of aliphatic hydroxyl groups is 4. The van der Waals surface area contributed by atoms with Crippen molar-refractivity contribution in [3.8, 4) is 0 Å². The second-order valence-corrected chi connectivity index (χ2v) is 9.31. The zero-order chi connectivity index (χ0) is 25.2. The van der Waals surface area contributed by atoms with Gasteiger partial charge in [-0.1, -0.05) is 63.9 Å². The van der Waals surface area contributed by atoms with Gasteiger partial charge in [-0.3, -0.25) is 0 Å². The van der Waals surface area contributed by atoms with Crippen LogP contribution in [0.4, 0.5) is 5.69 Å². The molecule has 7 heteroatoms. The molecule has 34 heavy (non-hydrogen) atoms. The van der Waals surface area contributed by atoms with Crippen LogP contribution < -0.4 is 5.32 Å². The summed E-state index contributed by atoms with van der Waals surface area (Å²) in [6.45, 7) is 2.38. The minimum Gasteiger partial charge on any atom is -0.478 e. The highest BCUT2D eigenvalue weighted by molar-refractivity contribution is 5.92. The van der Waals surface area contributed by atoms with E-state index < -0.39 is 12.1 Å². The second kappa shape index (κ2) is 18.6. The molecule has 0 amide bonds. The molecule has 0 aliphatic heterocycles. The first-order valence-corrected chi connectivity index (χ1v) is 13.1. The van der Waals surface area contributed by atoms with E-state index in [2.05, 4.69) is 5.32 Å². The van der Waals surface area contributed by atoms with Crippen LogP contribution in [-0.2, 0) is 0 Å². The van der Waals surface area contributed by atoms with E-state index in [0.717, 1.165) is 82.6 Å². The van der Waals surface area contributed by atoms with E-state index in [-0.39, 0.29) is 31.4 Å². The minimum atomic E-state index is -1.05. The third-order valence-electron chi connectivity index (χ3n) is 6.44. The Labute approximate surface area is 205 Å². The molecule has 1 rings (SSSR count). The summed E-state index contributed by atoms with van der Waals surface area (Å²) in [4.78, 5) is 12.0. The van der Waals surface area contributed by atoms with Crippen molar-refractivity contribution in [3.05, 3.63) is 28.8 Å². The first-order valence-electron chi connectivity index (χ1n) is 13.1. The molecule has 0 bridgehead atoms. The maximum Gasteiger partial charge on any atom is 0.336 e. The molecule has 0 aromatic heterocycles. The van der Waals surface area contributed by atoms with Gasteiger partial charge < -0.3 is 30.8 Å². The van der Waals surface area contributed by atoms with Gasteiger partial charge >= 0.3 is 5.97 Å². The normalized spacial score (nSPS) is 13.1. The van der Waals surface area contributed by atoms with Crippen LogP contribution in [0.15, 0.2) is 12.1 Å². The number of hydrogen-bond donors (Lipinski definition) is 6. The first kappa shape index (κ1) is 30.4. The number of unbranched alkanes of at least 4 members (excludes halogenated alkanes) is 9. The summed E-state index contributed by atoms with van der Waals surface area (Å²) in [7, 11) is 0. The van der Waals surface area contributed by atoms with E-state index in [4.69, 9.17) is 10.2 Å². The molecule has 196 valence electrons. The number of rotatable bonds is 21. The van der Waals surface area contributed by atoms with E-state index in [1.807, 2.05) is 6.92 Å². The molecule has 6 N–H and O–H groups in total. The molecule has 2 unspecified atom stereocenters. The Balaban J connectivity index is 2.85. The van der Waals surface area contributed by atoms with Crippen LogP contribution in [0.3, 0.4) is 0 Å². The summed E-state index contributed by atoms with van der Waals surface area (Å²) in [5.74, 6) is -1.05. The lowest BCUT2D eigenvalue weighted by molar-refractivity contribution is 0.0688. The molecular weight excluding hydrogens is 434 g/mol. The monoisotopic (exact) mass is 481 g/mol. The third kappa shape index (κ3) is 11.6. The Bertz CT molecular complexity index is 681. The van der Waals surface area contributed by atoms with Gasteiger partial charge in [0.1, 0.15) is 0 Å². The number of carbonyl (C=O) groups is 1. The maximum absolute atomic E-state index is 12.0. The van der Waals surface area contributed by atoms with Crippen molar-refractivity contribution in [1.82, 2.24) is 0 Å². The third-order valence-corrected chi connectivity index (χ3v) is 6.44. The van der Waals surface area contributed by atoms with Crippen LogP contribution in [0.2, 0.25) is 0 Å². The van der Waals surface area contributed by atoms with Crippen LogP contribution in [-0.4, -0.2) is 57.4 Å².